The molecule has 1 aliphatic heterocycles. The third kappa shape index (κ3) is 1.59. The maximum Gasteiger partial charge on any atom is 0.297 e. The van der Waals surface area contributed by atoms with Crippen molar-refractivity contribution >= 4 is 10.1 Å². The van der Waals surface area contributed by atoms with Crippen LogP contribution < -0.4 is 0 Å². The lowest BCUT2D eigenvalue weighted by Gasteiger charge is -2.38. The summed E-state index contributed by atoms with van der Waals surface area (Å²) in [5, 5.41) is 9.74. The summed E-state index contributed by atoms with van der Waals surface area (Å²) in [7, 11) is -3.83. The molecule has 0 spiro atoms. The Labute approximate surface area is 147 Å². The third-order valence-electron chi connectivity index (χ3n) is 7.63. The van der Waals surface area contributed by atoms with Crippen molar-refractivity contribution in [3.63, 3.8) is 0 Å². The molecular weight excluding hydrogens is 338 g/mol. The molecule has 1 heterocycles. The van der Waals surface area contributed by atoms with Crippen molar-refractivity contribution in [3.8, 4) is 6.07 Å². The molecule has 6 heteroatoms. The van der Waals surface area contributed by atoms with Gasteiger partial charge >= 0.3 is 0 Å². The van der Waals surface area contributed by atoms with Gasteiger partial charge in [0.05, 0.1) is 35.2 Å². The van der Waals surface area contributed by atoms with Gasteiger partial charge in [-0.1, -0.05) is 17.7 Å². The molecular formula is C19H19NO4S. The molecule has 1 saturated heterocycles. The summed E-state index contributed by atoms with van der Waals surface area (Å²) in [5.41, 5.74) is 1.01. The number of ether oxygens (including phenoxy) is 1. The van der Waals surface area contributed by atoms with Gasteiger partial charge in [-0.2, -0.15) is 13.7 Å². The zero-order chi connectivity index (χ0) is 17.1. The van der Waals surface area contributed by atoms with Crippen molar-refractivity contribution < 1.29 is 17.3 Å². The van der Waals surface area contributed by atoms with Gasteiger partial charge in [0.15, 0.2) is 0 Å². The average Bonchev–Trinajstić information content (AvgIpc) is 3.18. The maximum atomic E-state index is 12.8. The highest BCUT2D eigenvalue weighted by Gasteiger charge is 2.80. The van der Waals surface area contributed by atoms with Gasteiger partial charge in [-0.25, -0.2) is 0 Å². The van der Waals surface area contributed by atoms with Gasteiger partial charge in [-0.3, -0.25) is 4.18 Å². The quantitative estimate of drug-likeness (QED) is 0.775. The van der Waals surface area contributed by atoms with Gasteiger partial charge in [0.25, 0.3) is 10.1 Å². The standard InChI is InChI=1S/C19H19NO4S/c1-8-2-4-9(5-3-8)25(21,22)24-19-15-11(7-20)13-10-6-12-16(13)17(19)18(23-12)14(10)15/h2-5,10-19H,6H2,1H3/t10-,11-,12-,13-,14-,15-,16-,17-,18+,19-/m1/s1. The van der Waals surface area contributed by atoms with E-state index in [4.69, 9.17) is 8.92 Å². The van der Waals surface area contributed by atoms with Crippen molar-refractivity contribution in [2.45, 2.75) is 36.6 Å². The molecule has 0 aromatic heterocycles. The van der Waals surface area contributed by atoms with Gasteiger partial charge in [0.1, 0.15) is 0 Å². The monoisotopic (exact) mass is 357 g/mol. The Morgan fingerprint density at radius 1 is 1.12 bits per heavy atom. The second-order valence-corrected chi connectivity index (χ2v) is 9.98. The Kier molecular flexibility index (Phi) is 2.62. The molecule has 4 aliphatic carbocycles. The number of hydrogen-bond acceptors (Lipinski definition) is 5. The second-order valence-electron chi connectivity index (χ2n) is 8.41. The molecule has 4 saturated carbocycles. The van der Waals surface area contributed by atoms with E-state index in [9.17, 15) is 13.7 Å². The first-order valence-electron chi connectivity index (χ1n) is 9.06. The second kappa shape index (κ2) is 4.46. The van der Waals surface area contributed by atoms with Crippen LogP contribution in [0, 0.1) is 59.7 Å². The fourth-order valence-electron chi connectivity index (χ4n) is 7.08. The minimum atomic E-state index is -3.83. The Morgan fingerprint density at radius 3 is 2.60 bits per heavy atom. The molecule has 5 fully saturated rings. The molecule has 0 radical (unpaired) electrons. The molecule has 0 N–H and O–H groups in total. The molecule has 6 rings (SSSR count). The number of benzene rings is 1. The number of rotatable bonds is 3. The van der Waals surface area contributed by atoms with Crippen molar-refractivity contribution in [2.75, 3.05) is 0 Å². The van der Waals surface area contributed by atoms with Gasteiger partial charge in [-0.05, 0) is 49.1 Å². The van der Waals surface area contributed by atoms with Crippen LogP contribution >= 0.6 is 0 Å². The van der Waals surface area contributed by atoms with E-state index >= 15 is 0 Å². The number of hydrogen-bond donors (Lipinski definition) is 0. The highest BCUT2D eigenvalue weighted by Crippen LogP contribution is 2.76. The van der Waals surface area contributed by atoms with E-state index in [-0.39, 0.29) is 34.9 Å². The highest BCUT2D eigenvalue weighted by atomic mass is 32.2. The largest absolute Gasteiger partial charge is 0.374 e. The summed E-state index contributed by atoms with van der Waals surface area (Å²) in [5.74, 6) is 1.64. The molecule has 1 aromatic carbocycles. The van der Waals surface area contributed by atoms with Crippen molar-refractivity contribution in [1.29, 1.82) is 5.26 Å². The van der Waals surface area contributed by atoms with Crippen LogP contribution in [0.25, 0.3) is 0 Å². The minimum absolute atomic E-state index is 0.00715. The summed E-state index contributed by atoms with van der Waals surface area (Å²) in [6.45, 7) is 1.92. The molecule has 5 aliphatic rings. The van der Waals surface area contributed by atoms with Crippen molar-refractivity contribution in [3.05, 3.63) is 29.8 Å². The fraction of sp³-hybridized carbons (Fsp3) is 0.632. The lowest BCUT2D eigenvalue weighted by Crippen LogP contribution is -2.44. The lowest BCUT2D eigenvalue weighted by molar-refractivity contribution is -0.0439. The summed E-state index contributed by atoms with van der Waals surface area (Å²) in [6, 6.07) is 9.25. The van der Waals surface area contributed by atoms with Crippen LogP contribution in [0.4, 0.5) is 0 Å². The molecule has 6 bridgehead atoms. The molecule has 130 valence electrons. The lowest BCUT2D eigenvalue weighted by atomic mass is 9.67. The van der Waals surface area contributed by atoms with Crippen LogP contribution in [-0.4, -0.2) is 26.7 Å². The topological polar surface area (TPSA) is 76.4 Å². The van der Waals surface area contributed by atoms with E-state index in [0.717, 1.165) is 12.0 Å². The first kappa shape index (κ1) is 14.7. The van der Waals surface area contributed by atoms with Gasteiger partial charge < -0.3 is 4.74 Å². The predicted octanol–water partition coefficient (Wildman–Crippen LogP) is 2.12. The number of aryl methyl sites for hydroxylation is 1. The smallest absolute Gasteiger partial charge is 0.297 e. The highest BCUT2D eigenvalue weighted by molar-refractivity contribution is 7.86. The van der Waals surface area contributed by atoms with E-state index < -0.39 is 16.2 Å². The van der Waals surface area contributed by atoms with E-state index in [0.29, 0.717) is 23.7 Å². The molecule has 25 heavy (non-hydrogen) atoms. The van der Waals surface area contributed by atoms with Crippen LogP contribution in [0.15, 0.2) is 29.2 Å². The van der Waals surface area contributed by atoms with Gasteiger partial charge in [0, 0.05) is 11.8 Å². The summed E-state index contributed by atoms with van der Waals surface area (Å²) in [6.07, 6.45) is 0.972. The predicted molar refractivity (Wildman–Crippen MR) is 86.6 cm³/mol. The van der Waals surface area contributed by atoms with Crippen LogP contribution in [0.2, 0.25) is 0 Å². The molecule has 0 unspecified atom stereocenters. The van der Waals surface area contributed by atoms with Crippen molar-refractivity contribution in [2.24, 2.45) is 41.4 Å². The van der Waals surface area contributed by atoms with Gasteiger partial charge in [-0.15, -0.1) is 0 Å². The van der Waals surface area contributed by atoms with Crippen LogP contribution in [0.5, 0.6) is 0 Å². The van der Waals surface area contributed by atoms with Crippen LogP contribution in [0.1, 0.15) is 12.0 Å². The third-order valence-corrected chi connectivity index (χ3v) is 8.96. The fourth-order valence-corrected chi connectivity index (χ4v) is 8.21. The van der Waals surface area contributed by atoms with Gasteiger partial charge in [0.2, 0.25) is 0 Å². The van der Waals surface area contributed by atoms with Crippen molar-refractivity contribution in [1.82, 2.24) is 0 Å². The summed E-state index contributed by atoms with van der Waals surface area (Å²) in [4.78, 5) is 0.197. The minimum Gasteiger partial charge on any atom is -0.374 e. The zero-order valence-corrected chi connectivity index (χ0v) is 14.6. The maximum absolute atomic E-state index is 12.8. The van der Waals surface area contributed by atoms with E-state index in [1.165, 1.54) is 0 Å². The number of nitriles is 1. The molecule has 0 amide bonds. The first-order valence-corrected chi connectivity index (χ1v) is 10.5. The molecule has 1 aromatic rings. The van der Waals surface area contributed by atoms with E-state index in [1.807, 2.05) is 6.92 Å². The molecule has 5 nitrogen and oxygen atoms in total. The average molecular weight is 357 g/mol. The van der Waals surface area contributed by atoms with E-state index in [1.54, 1.807) is 24.3 Å². The Balaban J connectivity index is 1.39. The summed E-state index contributed by atoms with van der Waals surface area (Å²) < 4.78 is 37.7. The normalized spacial score (nSPS) is 50.7. The SMILES string of the molecule is Cc1ccc(S(=O)(=O)O[C@H]2[C@H]3[C@H]4O[C@@H]5C[C@@H]6[C@H]([C@@H](C#N)[C@@H]2[C@@H]64)[C@H]35)cc1. The Hall–Kier alpha value is -1.42. The van der Waals surface area contributed by atoms with Crippen LogP contribution in [-0.2, 0) is 19.0 Å². The number of nitrogens with zero attached hydrogens (tertiary/aromatic N) is 1. The first-order chi connectivity index (χ1) is 12.0. The van der Waals surface area contributed by atoms with Crippen LogP contribution in [0.3, 0.4) is 0 Å². The summed E-state index contributed by atoms with van der Waals surface area (Å²) >= 11 is 0. The van der Waals surface area contributed by atoms with E-state index in [2.05, 4.69) is 6.07 Å². The Morgan fingerprint density at radius 2 is 1.88 bits per heavy atom. The Bertz CT molecular complexity index is 904. The zero-order valence-electron chi connectivity index (χ0n) is 13.8. The molecule has 10 atom stereocenters.